The van der Waals surface area contributed by atoms with Gasteiger partial charge in [0.05, 0.1) is 12.0 Å². The van der Waals surface area contributed by atoms with Crippen molar-refractivity contribution in [3.05, 3.63) is 18.5 Å². The molecule has 1 aromatic rings. The van der Waals surface area contributed by atoms with Crippen molar-refractivity contribution in [3.63, 3.8) is 0 Å². The number of primary amides is 1. The Labute approximate surface area is 123 Å². The minimum absolute atomic E-state index is 0.0254. The maximum atomic E-state index is 12.3. The van der Waals surface area contributed by atoms with Crippen molar-refractivity contribution in [3.8, 4) is 0 Å². The molecular weight excluding hydrogens is 272 g/mol. The first-order valence-electron chi connectivity index (χ1n) is 7.25. The van der Waals surface area contributed by atoms with Crippen LogP contribution in [0, 0.1) is 11.3 Å². The molecule has 2 atom stereocenters. The molecule has 114 valence electrons. The van der Waals surface area contributed by atoms with E-state index in [1.807, 2.05) is 12.3 Å². The zero-order chi connectivity index (χ0) is 14.9. The third-order valence-electron chi connectivity index (χ3n) is 4.66. The van der Waals surface area contributed by atoms with Crippen LogP contribution in [0.15, 0.2) is 18.5 Å². The summed E-state index contributed by atoms with van der Waals surface area (Å²) in [5, 5.41) is 4.08. The Bertz CT molecular complexity index is 530. The first-order valence-corrected chi connectivity index (χ1v) is 7.25. The molecule has 2 amide bonds. The molecule has 7 nitrogen and oxygen atoms in total. The maximum Gasteiger partial charge on any atom is 0.225 e. The fraction of sp³-hybridized carbons (Fsp3) is 0.643. The molecule has 1 aromatic heterocycles. The van der Waals surface area contributed by atoms with Gasteiger partial charge in [0.2, 0.25) is 11.8 Å². The highest BCUT2D eigenvalue weighted by atomic mass is 16.5. The molecule has 7 heteroatoms. The second-order valence-electron chi connectivity index (χ2n) is 5.84. The molecule has 0 saturated carbocycles. The fourth-order valence-corrected chi connectivity index (χ4v) is 3.34. The van der Waals surface area contributed by atoms with E-state index >= 15 is 0 Å². The van der Waals surface area contributed by atoms with Crippen LogP contribution >= 0.6 is 0 Å². The Morgan fingerprint density at radius 2 is 2.33 bits per heavy atom. The van der Waals surface area contributed by atoms with Gasteiger partial charge in [0.25, 0.3) is 0 Å². The van der Waals surface area contributed by atoms with E-state index in [0.717, 1.165) is 0 Å². The summed E-state index contributed by atoms with van der Waals surface area (Å²) in [6, 6.07) is 1.83. The molecule has 2 fully saturated rings. The molecule has 21 heavy (non-hydrogen) atoms. The summed E-state index contributed by atoms with van der Waals surface area (Å²) in [6.07, 6.45) is 4.50. The standard InChI is InChI=1S/C14H20N4O3/c15-13(20)14-3-7-21-9-11(14)8-17(10-14)12(19)2-6-18-5-1-4-16-18/h1,4-5,11H,2-3,6-10H2,(H2,15,20)/t11-,14+/m1/s1. The predicted molar refractivity (Wildman–Crippen MR) is 74.0 cm³/mol. The van der Waals surface area contributed by atoms with Crippen LogP contribution in [0.3, 0.4) is 0 Å². The largest absolute Gasteiger partial charge is 0.381 e. The molecule has 0 aromatic carbocycles. The molecule has 2 aliphatic heterocycles. The van der Waals surface area contributed by atoms with Crippen LogP contribution < -0.4 is 5.73 Å². The number of likely N-dealkylation sites (tertiary alicyclic amines) is 1. The highest BCUT2D eigenvalue weighted by Gasteiger charge is 2.53. The molecule has 2 aliphatic rings. The number of hydrogen-bond acceptors (Lipinski definition) is 4. The van der Waals surface area contributed by atoms with Crippen LogP contribution in [0.2, 0.25) is 0 Å². The van der Waals surface area contributed by atoms with Gasteiger partial charge < -0.3 is 15.4 Å². The van der Waals surface area contributed by atoms with E-state index in [9.17, 15) is 9.59 Å². The number of rotatable bonds is 4. The Kier molecular flexibility index (Phi) is 3.67. The maximum absolute atomic E-state index is 12.3. The first-order chi connectivity index (χ1) is 10.1. The third-order valence-corrected chi connectivity index (χ3v) is 4.66. The van der Waals surface area contributed by atoms with E-state index in [2.05, 4.69) is 5.10 Å². The van der Waals surface area contributed by atoms with Gasteiger partial charge in [-0.1, -0.05) is 0 Å². The number of aryl methyl sites for hydroxylation is 1. The molecule has 3 heterocycles. The Morgan fingerprint density at radius 3 is 3.00 bits per heavy atom. The van der Waals surface area contributed by atoms with Crippen molar-refractivity contribution in [2.45, 2.75) is 19.4 Å². The zero-order valence-corrected chi connectivity index (χ0v) is 11.9. The summed E-state index contributed by atoms with van der Waals surface area (Å²) < 4.78 is 7.18. The molecule has 0 aliphatic carbocycles. The SMILES string of the molecule is NC(=O)[C@]12CCOC[C@H]1CN(C(=O)CCn1cccn1)C2. The van der Waals surface area contributed by atoms with Gasteiger partial charge in [-0.25, -0.2) is 0 Å². The molecular formula is C14H20N4O3. The first kappa shape index (κ1) is 14.1. The van der Waals surface area contributed by atoms with Gasteiger partial charge in [0.15, 0.2) is 0 Å². The van der Waals surface area contributed by atoms with E-state index in [-0.39, 0.29) is 17.7 Å². The summed E-state index contributed by atoms with van der Waals surface area (Å²) in [5.41, 5.74) is 5.01. The van der Waals surface area contributed by atoms with Gasteiger partial charge in [0.1, 0.15) is 0 Å². The lowest BCUT2D eigenvalue weighted by atomic mass is 9.74. The summed E-state index contributed by atoms with van der Waals surface area (Å²) in [6.45, 7) is 2.57. The molecule has 0 spiro atoms. The second kappa shape index (κ2) is 5.48. The van der Waals surface area contributed by atoms with Crippen LogP contribution in [0.1, 0.15) is 12.8 Å². The number of hydrogen-bond donors (Lipinski definition) is 1. The van der Waals surface area contributed by atoms with E-state index in [4.69, 9.17) is 10.5 Å². The van der Waals surface area contributed by atoms with Crippen LogP contribution in [-0.4, -0.2) is 52.8 Å². The summed E-state index contributed by atoms with van der Waals surface area (Å²) >= 11 is 0. The average Bonchev–Trinajstić information content (AvgIpc) is 3.12. The van der Waals surface area contributed by atoms with Gasteiger partial charge in [-0.3, -0.25) is 14.3 Å². The molecule has 0 unspecified atom stereocenters. The van der Waals surface area contributed by atoms with Crippen LogP contribution in [-0.2, 0) is 20.9 Å². The van der Waals surface area contributed by atoms with Crippen molar-refractivity contribution < 1.29 is 14.3 Å². The van der Waals surface area contributed by atoms with E-state index in [0.29, 0.717) is 45.7 Å². The summed E-state index contributed by atoms with van der Waals surface area (Å²) in [5.74, 6) is -0.240. The average molecular weight is 292 g/mol. The Morgan fingerprint density at radius 1 is 1.48 bits per heavy atom. The fourth-order valence-electron chi connectivity index (χ4n) is 3.34. The smallest absolute Gasteiger partial charge is 0.225 e. The molecule has 2 N–H and O–H groups in total. The quantitative estimate of drug-likeness (QED) is 0.819. The third kappa shape index (κ3) is 2.53. The van der Waals surface area contributed by atoms with Crippen molar-refractivity contribution in [1.29, 1.82) is 0 Å². The molecule has 3 rings (SSSR count). The Balaban J connectivity index is 1.64. The van der Waals surface area contributed by atoms with Crippen molar-refractivity contribution in [2.24, 2.45) is 17.1 Å². The Hall–Kier alpha value is -1.89. The lowest BCUT2D eigenvalue weighted by molar-refractivity contribution is -0.136. The topological polar surface area (TPSA) is 90.5 Å². The summed E-state index contributed by atoms with van der Waals surface area (Å²) in [7, 11) is 0. The predicted octanol–water partition coefficient (Wildman–Crippen LogP) is -0.376. The van der Waals surface area contributed by atoms with E-state index < -0.39 is 5.41 Å². The van der Waals surface area contributed by atoms with Gasteiger partial charge in [-0.2, -0.15) is 5.10 Å². The highest BCUT2D eigenvalue weighted by molar-refractivity contribution is 5.84. The molecule has 0 bridgehead atoms. The normalized spacial score (nSPS) is 28.4. The van der Waals surface area contributed by atoms with E-state index in [1.54, 1.807) is 15.8 Å². The van der Waals surface area contributed by atoms with Gasteiger partial charge in [-0.15, -0.1) is 0 Å². The number of ether oxygens (including phenoxy) is 1. The van der Waals surface area contributed by atoms with Crippen molar-refractivity contribution >= 4 is 11.8 Å². The van der Waals surface area contributed by atoms with E-state index in [1.165, 1.54) is 0 Å². The zero-order valence-electron chi connectivity index (χ0n) is 11.9. The number of amides is 2. The number of nitrogens with two attached hydrogens (primary N) is 1. The lowest BCUT2D eigenvalue weighted by Gasteiger charge is -2.34. The van der Waals surface area contributed by atoms with Gasteiger partial charge >= 0.3 is 0 Å². The van der Waals surface area contributed by atoms with Crippen molar-refractivity contribution in [1.82, 2.24) is 14.7 Å². The lowest BCUT2D eigenvalue weighted by Crippen LogP contribution is -2.48. The van der Waals surface area contributed by atoms with Crippen LogP contribution in [0.4, 0.5) is 0 Å². The second-order valence-corrected chi connectivity index (χ2v) is 5.84. The minimum atomic E-state index is -0.598. The minimum Gasteiger partial charge on any atom is -0.381 e. The van der Waals surface area contributed by atoms with Crippen LogP contribution in [0.25, 0.3) is 0 Å². The molecule has 0 radical (unpaired) electrons. The summed E-state index contributed by atoms with van der Waals surface area (Å²) in [4.78, 5) is 26.0. The number of aromatic nitrogens is 2. The highest BCUT2D eigenvalue weighted by Crippen LogP contribution is 2.42. The number of carbonyl (C=O) groups excluding carboxylic acids is 2. The number of nitrogens with zero attached hydrogens (tertiary/aromatic N) is 3. The van der Waals surface area contributed by atoms with Gasteiger partial charge in [-0.05, 0) is 12.5 Å². The van der Waals surface area contributed by atoms with Crippen molar-refractivity contribution in [2.75, 3.05) is 26.3 Å². The monoisotopic (exact) mass is 292 g/mol. The van der Waals surface area contributed by atoms with Crippen LogP contribution in [0.5, 0.6) is 0 Å². The van der Waals surface area contributed by atoms with Gasteiger partial charge in [0, 0.05) is 51.0 Å². The number of carbonyl (C=O) groups is 2. The molecule has 2 saturated heterocycles. The number of fused-ring (bicyclic) bond motifs is 1.